The fourth-order valence-electron chi connectivity index (χ4n) is 0.991. The molecule has 1 rings (SSSR count). The van der Waals surface area contributed by atoms with E-state index in [1.54, 1.807) is 0 Å². The fraction of sp³-hybridized carbons (Fsp3) is 0.222. The van der Waals surface area contributed by atoms with Gasteiger partial charge in [-0.15, -0.1) is 0 Å². The molecule has 0 atom stereocenters. The standard InChI is InChI=1S/C9H6BrF3O2/c1-4(14)5-2-3-6(15-9(12)13)8(11)7(5)10/h2-3,9H,1H3. The van der Waals surface area contributed by atoms with Crippen molar-refractivity contribution in [2.45, 2.75) is 13.5 Å². The first kappa shape index (κ1) is 12.0. The molecule has 6 heteroatoms. The first-order valence-corrected chi connectivity index (χ1v) is 4.66. The van der Waals surface area contributed by atoms with Gasteiger partial charge in [-0.25, -0.2) is 4.39 Å². The number of hydrogen-bond acceptors (Lipinski definition) is 2. The third-order valence-corrected chi connectivity index (χ3v) is 2.42. The summed E-state index contributed by atoms with van der Waals surface area (Å²) in [5, 5.41) is 0. The van der Waals surface area contributed by atoms with Crippen LogP contribution in [0.25, 0.3) is 0 Å². The average Bonchev–Trinajstić information content (AvgIpc) is 2.12. The number of Topliss-reactive ketones (excluding diaryl/α,β-unsaturated/α-hetero) is 1. The van der Waals surface area contributed by atoms with Crippen molar-refractivity contribution in [2.75, 3.05) is 0 Å². The second-order valence-electron chi connectivity index (χ2n) is 2.67. The zero-order valence-electron chi connectivity index (χ0n) is 7.56. The Morgan fingerprint density at radius 3 is 2.53 bits per heavy atom. The third kappa shape index (κ3) is 2.71. The summed E-state index contributed by atoms with van der Waals surface area (Å²) in [5.41, 5.74) is 0.0779. The van der Waals surface area contributed by atoms with E-state index in [0.29, 0.717) is 0 Å². The lowest BCUT2D eigenvalue weighted by atomic mass is 10.1. The Kier molecular flexibility index (Phi) is 3.73. The number of benzene rings is 1. The summed E-state index contributed by atoms with van der Waals surface area (Å²) in [6, 6.07) is 2.20. The van der Waals surface area contributed by atoms with Crippen LogP contribution >= 0.6 is 15.9 Å². The van der Waals surface area contributed by atoms with Gasteiger partial charge >= 0.3 is 6.61 Å². The van der Waals surface area contributed by atoms with Gasteiger partial charge in [0.15, 0.2) is 17.3 Å². The van der Waals surface area contributed by atoms with Gasteiger partial charge in [-0.05, 0) is 35.0 Å². The molecule has 2 nitrogen and oxygen atoms in total. The summed E-state index contributed by atoms with van der Waals surface area (Å²) < 4.78 is 40.7. The van der Waals surface area contributed by atoms with Crippen molar-refractivity contribution in [3.8, 4) is 5.75 Å². The van der Waals surface area contributed by atoms with E-state index in [1.807, 2.05) is 0 Å². The smallest absolute Gasteiger partial charge is 0.387 e. The van der Waals surface area contributed by atoms with Crippen LogP contribution in [0.2, 0.25) is 0 Å². The molecule has 0 amide bonds. The summed E-state index contributed by atoms with van der Waals surface area (Å²) in [5.74, 6) is -1.98. The van der Waals surface area contributed by atoms with Gasteiger partial charge < -0.3 is 4.74 Å². The van der Waals surface area contributed by atoms with Crippen LogP contribution in [0.5, 0.6) is 5.75 Å². The number of alkyl halides is 2. The molecule has 0 aromatic heterocycles. The number of halogens is 4. The van der Waals surface area contributed by atoms with E-state index in [0.717, 1.165) is 6.07 Å². The lowest BCUT2D eigenvalue weighted by Crippen LogP contribution is -2.05. The van der Waals surface area contributed by atoms with Gasteiger partial charge in [0.1, 0.15) is 0 Å². The van der Waals surface area contributed by atoms with E-state index in [-0.39, 0.29) is 15.8 Å². The van der Waals surface area contributed by atoms with Gasteiger partial charge in [-0.1, -0.05) is 0 Å². The molecular formula is C9H6BrF3O2. The van der Waals surface area contributed by atoms with Crippen molar-refractivity contribution in [2.24, 2.45) is 0 Å². The average molecular weight is 283 g/mol. The highest BCUT2D eigenvalue weighted by Crippen LogP contribution is 2.29. The highest BCUT2D eigenvalue weighted by Gasteiger charge is 2.17. The molecule has 0 fully saturated rings. The molecule has 0 radical (unpaired) electrons. The first-order valence-electron chi connectivity index (χ1n) is 3.87. The number of hydrogen-bond donors (Lipinski definition) is 0. The molecule has 0 aliphatic rings. The highest BCUT2D eigenvalue weighted by molar-refractivity contribution is 9.10. The number of carbonyl (C=O) groups excluding carboxylic acids is 1. The molecule has 0 saturated heterocycles. The monoisotopic (exact) mass is 282 g/mol. The van der Waals surface area contributed by atoms with Crippen molar-refractivity contribution in [3.05, 3.63) is 28.0 Å². The van der Waals surface area contributed by atoms with Crippen LogP contribution in [-0.4, -0.2) is 12.4 Å². The van der Waals surface area contributed by atoms with E-state index in [2.05, 4.69) is 20.7 Å². The normalized spacial score (nSPS) is 10.5. The van der Waals surface area contributed by atoms with Crippen LogP contribution in [0, 0.1) is 5.82 Å². The molecule has 0 spiro atoms. The van der Waals surface area contributed by atoms with Gasteiger partial charge in [0, 0.05) is 5.56 Å². The quantitative estimate of drug-likeness (QED) is 0.795. The molecule has 82 valence electrons. The molecular weight excluding hydrogens is 277 g/mol. The maximum atomic E-state index is 13.3. The van der Waals surface area contributed by atoms with Crippen molar-refractivity contribution >= 4 is 21.7 Å². The SMILES string of the molecule is CC(=O)c1ccc(OC(F)F)c(F)c1Br. The van der Waals surface area contributed by atoms with E-state index < -0.39 is 18.2 Å². The van der Waals surface area contributed by atoms with E-state index in [9.17, 15) is 18.0 Å². The zero-order valence-corrected chi connectivity index (χ0v) is 9.15. The van der Waals surface area contributed by atoms with Crippen LogP contribution in [-0.2, 0) is 0 Å². The van der Waals surface area contributed by atoms with Gasteiger partial charge in [-0.2, -0.15) is 8.78 Å². The predicted molar refractivity (Wildman–Crippen MR) is 50.7 cm³/mol. The van der Waals surface area contributed by atoms with Gasteiger partial charge in [0.2, 0.25) is 0 Å². The second-order valence-corrected chi connectivity index (χ2v) is 3.47. The fourth-order valence-corrected chi connectivity index (χ4v) is 1.60. The molecule has 0 saturated carbocycles. The summed E-state index contributed by atoms with van der Waals surface area (Å²) in [4.78, 5) is 11.0. The van der Waals surface area contributed by atoms with Crippen LogP contribution in [0.4, 0.5) is 13.2 Å². The Labute approximate surface area is 92.2 Å². The minimum atomic E-state index is -3.10. The summed E-state index contributed by atoms with van der Waals surface area (Å²) in [7, 11) is 0. The number of carbonyl (C=O) groups is 1. The molecule has 0 heterocycles. The van der Waals surface area contributed by atoms with Gasteiger partial charge in [0.05, 0.1) is 4.47 Å². The summed E-state index contributed by atoms with van der Waals surface area (Å²) >= 11 is 2.80. The maximum absolute atomic E-state index is 13.3. The van der Waals surface area contributed by atoms with Crippen LogP contribution in [0.15, 0.2) is 16.6 Å². The molecule has 1 aromatic carbocycles. The molecule has 0 aliphatic carbocycles. The molecule has 0 bridgehead atoms. The number of ether oxygens (including phenoxy) is 1. The molecule has 0 N–H and O–H groups in total. The lowest BCUT2D eigenvalue weighted by Gasteiger charge is -2.08. The Bertz CT molecular complexity index is 393. The predicted octanol–water partition coefficient (Wildman–Crippen LogP) is 3.39. The topological polar surface area (TPSA) is 26.3 Å². The Hall–Kier alpha value is -1.04. The third-order valence-electron chi connectivity index (χ3n) is 1.64. The van der Waals surface area contributed by atoms with E-state index >= 15 is 0 Å². The van der Waals surface area contributed by atoms with Crippen molar-refractivity contribution in [1.82, 2.24) is 0 Å². The zero-order chi connectivity index (χ0) is 11.6. The van der Waals surface area contributed by atoms with Crippen LogP contribution in [0.1, 0.15) is 17.3 Å². The van der Waals surface area contributed by atoms with Crippen LogP contribution in [0.3, 0.4) is 0 Å². The van der Waals surface area contributed by atoms with E-state index in [1.165, 1.54) is 13.0 Å². The van der Waals surface area contributed by atoms with Gasteiger partial charge in [0.25, 0.3) is 0 Å². The Morgan fingerprint density at radius 2 is 2.07 bits per heavy atom. The first-order chi connectivity index (χ1) is 6.93. The minimum absolute atomic E-state index is 0.0779. The summed E-state index contributed by atoms with van der Waals surface area (Å²) in [6.07, 6.45) is 0. The van der Waals surface area contributed by atoms with Crippen LogP contribution < -0.4 is 4.74 Å². The number of ketones is 1. The van der Waals surface area contributed by atoms with Crippen molar-refractivity contribution in [3.63, 3.8) is 0 Å². The van der Waals surface area contributed by atoms with E-state index in [4.69, 9.17) is 0 Å². The van der Waals surface area contributed by atoms with Gasteiger partial charge in [-0.3, -0.25) is 4.79 Å². The minimum Gasteiger partial charge on any atom is -0.432 e. The van der Waals surface area contributed by atoms with Crippen molar-refractivity contribution < 1.29 is 22.7 Å². The number of rotatable bonds is 3. The molecule has 0 unspecified atom stereocenters. The highest BCUT2D eigenvalue weighted by atomic mass is 79.9. The lowest BCUT2D eigenvalue weighted by molar-refractivity contribution is -0.0522. The Balaban J connectivity index is 3.15. The largest absolute Gasteiger partial charge is 0.432 e. The van der Waals surface area contributed by atoms with Crippen molar-refractivity contribution in [1.29, 1.82) is 0 Å². The maximum Gasteiger partial charge on any atom is 0.387 e. The summed E-state index contributed by atoms with van der Waals surface area (Å²) in [6.45, 7) is -1.86. The Morgan fingerprint density at radius 1 is 1.47 bits per heavy atom. The molecule has 0 aliphatic heterocycles. The second kappa shape index (κ2) is 4.65. The molecule has 15 heavy (non-hydrogen) atoms. The molecule has 1 aromatic rings.